The second-order valence-corrected chi connectivity index (χ2v) is 9.27. The molecule has 0 saturated carbocycles. The fourth-order valence-electron chi connectivity index (χ4n) is 5.78. The van der Waals surface area contributed by atoms with Gasteiger partial charge in [0.05, 0.1) is 33.8 Å². The smallest absolute Gasteiger partial charge is 0.259 e. The van der Waals surface area contributed by atoms with Crippen LogP contribution in [0.5, 0.6) is 0 Å². The minimum Gasteiger partial charge on any atom is -0.388 e. The number of amides is 2. The fourth-order valence-corrected chi connectivity index (χ4v) is 5.78. The summed E-state index contributed by atoms with van der Waals surface area (Å²) in [5.41, 5.74) is 3.21. The molecule has 2 aliphatic rings. The second-order valence-electron chi connectivity index (χ2n) is 9.27. The van der Waals surface area contributed by atoms with E-state index < -0.39 is 42.5 Å². The number of carbonyl (C=O) groups is 2. The van der Waals surface area contributed by atoms with E-state index in [9.17, 15) is 24.9 Å². The molecule has 0 radical (unpaired) electrons. The number of imide groups is 1. The van der Waals surface area contributed by atoms with E-state index in [1.165, 1.54) is 0 Å². The first-order chi connectivity index (χ1) is 16.9. The Hall–Kier alpha value is -3.76. The first kappa shape index (κ1) is 20.6. The van der Waals surface area contributed by atoms with Gasteiger partial charge >= 0.3 is 0 Å². The van der Waals surface area contributed by atoms with Gasteiger partial charge in [-0.2, -0.15) is 0 Å². The zero-order valence-corrected chi connectivity index (χ0v) is 18.5. The molecule has 1 unspecified atom stereocenters. The van der Waals surface area contributed by atoms with Crippen LogP contribution in [0.2, 0.25) is 0 Å². The van der Waals surface area contributed by atoms with E-state index in [0.29, 0.717) is 38.3 Å². The van der Waals surface area contributed by atoms with Crippen LogP contribution in [0.15, 0.2) is 48.5 Å². The number of rotatable bonds is 1. The molecule has 0 aliphatic carbocycles. The van der Waals surface area contributed by atoms with Gasteiger partial charge in [-0.1, -0.05) is 36.4 Å². The molecule has 35 heavy (non-hydrogen) atoms. The topological polar surface area (TPSA) is 137 Å². The molecule has 5 aromatic rings. The van der Waals surface area contributed by atoms with Gasteiger partial charge in [0, 0.05) is 27.1 Å². The van der Waals surface area contributed by atoms with E-state index in [2.05, 4.69) is 10.3 Å². The van der Waals surface area contributed by atoms with Crippen LogP contribution >= 0.6 is 0 Å². The molecule has 9 heteroatoms. The molecule has 0 spiro atoms. The van der Waals surface area contributed by atoms with Crippen molar-refractivity contribution >= 4 is 55.4 Å². The summed E-state index contributed by atoms with van der Waals surface area (Å²) in [5.74, 6) is -0.946. The molecule has 5 atom stereocenters. The van der Waals surface area contributed by atoms with Gasteiger partial charge in [-0.05, 0) is 19.1 Å². The number of H-pyrrole nitrogens is 1. The molecular weight excluding hydrogens is 450 g/mol. The number of para-hydroxylation sites is 2. The van der Waals surface area contributed by atoms with Gasteiger partial charge in [-0.25, -0.2) is 0 Å². The highest BCUT2D eigenvalue weighted by molar-refractivity contribution is 6.39. The Morgan fingerprint density at radius 1 is 0.829 bits per heavy atom. The summed E-state index contributed by atoms with van der Waals surface area (Å²) >= 11 is 0. The van der Waals surface area contributed by atoms with E-state index in [0.717, 1.165) is 10.9 Å². The molecule has 2 aliphatic heterocycles. The summed E-state index contributed by atoms with van der Waals surface area (Å²) < 4.78 is 7.81. The largest absolute Gasteiger partial charge is 0.388 e. The van der Waals surface area contributed by atoms with Gasteiger partial charge in [-0.3, -0.25) is 14.9 Å². The van der Waals surface area contributed by atoms with Crippen molar-refractivity contribution in [1.82, 2.24) is 14.9 Å². The van der Waals surface area contributed by atoms with Gasteiger partial charge in [-0.15, -0.1) is 0 Å². The average Bonchev–Trinajstić information content (AvgIpc) is 3.49. The standard InChI is InChI=1S/C26H21N3O6/c1-10-21(30)22(31)23(32)26(35-10)29-14-9-5-3-7-12(14)16-18-17(24(33)28-25(18)34)15-11-6-2-4-8-13(11)27-19(15)20(16)29/h2-10,21-23,26-27,30-32H,1H3,(H,28,33,34)/t10-,21+,22+,23-,26?/m0/s1. The Bertz CT molecular complexity index is 1730. The number of hydrogen-bond acceptors (Lipinski definition) is 6. The summed E-state index contributed by atoms with van der Waals surface area (Å²) in [7, 11) is 0. The van der Waals surface area contributed by atoms with Gasteiger partial charge in [0.25, 0.3) is 11.8 Å². The number of nitrogens with one attached hydrogen (secondary N) is 2. The van der Waals surface area contributed by atoms with Crippen LogP contribution in [0.1, 0.15) is 33.9 Å². The number of fused-ring (bicyclic) bond motifs is 10. The third-order valence-corrected chi connectivity index (χ3v) is 7.37. The summed E-state index contributed by atoms with van der Waals surface area (Å²) in [6, 6.07) is 14.9. The molecule has 1 fully saturated rings. The number of aromatic amines is 1. The molecule has 0 bridgehead atoms. The SMILES string of the molecule is C[C@@H]1OC(n2c3ccccc3c3c4c(c5c6ccccc6[nH]c5c32)C(=O)NC4=O)[C@@H](O)[C@H](O)[C@@H]1O. The number of hydrogen-bond donors (Lipinski definition) is 5. The predicted octanol–water partition coefficient (Wildman–Crippen LogP) is 2.31. The summed E-state index contributed by atoms with van der Waals surface area (Å²) in [6.45, 7) is 1.63. The van der Waals surface area contributed by atoms with Crippen molar-refractivity contribution in [2.45, 2.75) is 37.6 Å². The van der Waals surface area contributed by atoms with Crippen LogP contribution in [-0.2, 0) is 4.74 Å². The number of ether oxygens (including phenoxy) is 1. The summed E-state index contributed by atoms with van der Waals surface area (Å²) in [6.07, 6.45) is -5.94. The van der Waals surface area contributed by atoms with Crippen molar-refractivity contribution in [2.75, 3.05) is 0 Å². The second kappa shape index (κ2) is 6.89. The van der Waals surface area contributed by atoms with E-state index in [-0.39, 0.29) is 5.56 Å². The lowest BCUT2D eigenvalue weighted by molar-refractivity contribution is -0.238. The molecule has 4 heterocycles. The normalized spacial score (nSPS) is 26.8. The maximum absolute atomic E-state index is 13.1. The number of nitrogens with zero attached hydrogens (tertiary/aromatic N) is 1. The fraction of sp³-hybridized carbons (Fsp3) is 0.231. The van der Waals surface area contributed by atoms with Crippen molar-refractivity contribution in [2.24, 2.45) is 0 Å². The first-order valence-electron chi connectivity index (χ1n) is 11.4. The molecule has 7 rings (SSSR count). The Morgan fingerprint density at radius 2 is 1.49 bits per heavy atom. The highest BCUT2D eigenvalue weighted by Gasteiger charge is 2.44. The van der Waals surface area contributed by atoms with Crippen LogP contribution in [0.4, 0.5) is 0 Å². The molecule has 176 valence electrons. The summed E-state index contributed by atoms with van der Waals surface area (Å²) in [5, 5.41) is 37.0. The minimum atomic E-state index is -1.44. The highest BCUT2D eigenvalue weighted by Crippen LogP contribution is 2.45. The zero-order valence-electron chi connectivity index (χ0n) is 18.5. The molecule has 2 amide bonds. The van der Waals surface area contributed by atoms with E-state index in [1.807, 2.05) is 48.5 Å². The Kier molecular flexibility index (Phi) is 4.06. The van der Waals surface area contributed by atoms with E-state index in [1.54, 1.807) is 11.5 Å². The predicted molar refractivity (Wildman–Crippen MR) is 128 cm³/mol. The quantitative estimate of drug-likeness (QED) is 0.238. The van der Waals surface area contributed by atoms with E-state index in [4.69, 9.17) is 4.74 Å². The monoisotopic (exact) mass is 471 g/mol. The van der Waals surface area contributed by atoms with E-state index >= 15 is 0 Å². The lowest BCUT2D eigenvalue weighted by atomic mass is 9.96. The zero-order chi connectivity index (χ0) is 24.2. The molecular formula is C26H21N3O6. The number of aliphatic hydroxyl groups excluding tert-OH is 3. The molecule has 3 aromatic carbocycles. The Morgan fingerprint density at radius 3 is 2.26 bits per heavy atom. The van der Waals surface area contributed by atoms with Gasteiger partial charge in [0.15, 0.2) is 6.23 Å². The van der Waals surface area contributed by atoms with Crippen molar-refractivity contribution in [3.05, 3.63) is 59.7 Å². The number of benzene rings is 3. The van der Waals surface area contributed by atoms with Crippen molar-refractivity contribution in [3.8, 4) is 0 Å². The van der Waals surface area contributed by atoms with Crippen LogP contribution in [0.25, 0.3) is 43.6 Å². The van der Waals surface area contributed by atoms with Gasteiger partial charge < -0.3 is 29.6 Å². The maximum atomic E-state index is 13.1. The van der Waals surface area contributed by atoms with Crippen molar-refractivity contribution < 1.29 is 29.6 Å². The van der Waals surface area contributed by atoms with Crippen LogP contribution < -0.4 is 5.32 Å². The highest BCUT2D eigenvalue weighted by atomic mass is 16.5. The lowest BCUT2D eigenvalue weighted by Gasteiger charge is -2.40. The van der Waals surface area contributed by atoms with Crippen molar-refractivity contribution in [1.29, 1.82) is 0 Å². The molecule has 9 nitrogen and oxygen atoms in total. The first-order valence-corrected chi connectivity index (χ1v) is 11.4. The number of aromatic nitrogens is 2. The van der Waals surface area contributed by atoms with Crippen LogP contribution in [0, 0.1) is 0 Å². The molecule has 5 N–H and O–H groups in total. The van der Waals surface area contributed by atoms with Crippen molar-refractivity contribution in [3.63, 3.8) is 0 Å². The molecule has 1 saturated heterocycles. The minimum absolute atomic E-state index is 0.274. The Labute approximate surface area is 197 Å². The third-order valence-electron chi connectivity index (χ3n) is 7.37. The van der Waals surface area contributed by atoms with Gasteiger partial charge in [0.2, 0.25) is 0 Å². The number of carbonyl (C=O) groups excluding carboxylic acids is 2. The third kappa shape index (κ3) is 2.50. The lowest BCUT2D eigenvalue weighted by Crippen LogP contribution is -2.54. The van der Waals surface area contributed by atoms with Crippen LogP contribution in [-0.4, -0.2) is 61.1 Å². The maximum Gasteiger partial charge on any atom is 0.259 e. The molecule has 2 aromatic heterocycles. The van der Waals surface area contributed by atoms with Gasteiger partial charge in [0.1, 0.15) is 18.3 Å². The van der Waals surface area contributed by atoms with Crippen LogP contribution in [0.3, 0.4) is 0 Å². The average molecular weight is 471 g/mol. The number of aliphatic hydroxyl groups is 3. The Balaban J connectivity index is 1.72. The summed E-state index contributed by atoms with van der Waals surface area (Å²) in [4.78, 5) is 29.6.